The van der Waals surface area contributed by atoms with Crippen molar-refractivity contribution in [3.05, 3.63) is 35.9 Å². The molecule has 0 saturated carbocycles. The average molecular weight is 354 g/mol. The molecular formula is C20H26N4O2. The Balaban J connectivity index is 1.73. The highest BCUT2D eigenvalue weighted by Crippen LogP contribution is 2.34. The maximum Gasteiger partial charge on any atom is 0.131 e. The third-order valence-electron chi connectivity index (χ3n) is 5.14. The van der Waals surface area contributed by atoms with Crippen LogP contribution in [0.3, 0.4) is 0 Å². The van der Waals surface area contributed by atoms with E-state index in [2.05, 4.69) is 23.2 Å². The lowest BCUT2D eigenvalue weighted by Crippen LogP contribution is -2.57. The van der Waals surface area contributed by atoms with Crippen molar-refractivity contribution in [2.75, 3.05) is 35.6 Å². The molecule has 3 atom stereocenters. The van der Waals surface area contributed by atoms with E-state index in [0.717, 1.165) is 48.0 Å². The summed E-state index contributed by atoms with van der Waals surface area (Å²) in [6.45, 7) is 5.82. The van der Waals surface area contributed by atoms with Gasteiger partial charge in [0.1, 0.15) is 11.6 Å². The molecule has 4 heterocycles. The molecule has 0 amide bonds. The van der Waals surface area contributed by atoms with Crippen LogP contribution >= 0.6 is 0 Å². The minimum atomic E-state index is -0.0642. The number of morpholine rings is 1. The van der Waals surface area contributed by atoms with Crippen LogP contribution < -0.4 is 16.0 Å². The van der Waals surface area contributed by atoms with E-state index in [9.17, 15) is 5.11 Å². The van der Waals surface area contributed by atoms with E-state index in [4.69, 9.17) is 15.5 Å². The fraction of sp³-hybridized carbons (Fsp3) is 0.450. The molecule has 6 nitrogen and oxygen atoms in total. The Labute approximate surface area is 154 Å². The lowest BCUT2D eigenvalue weighted by Gasteiger charge is -2.47. The number of nitrogens with one attached hydrogen (secondary N) is 1. The lowest BCUT2D eigenvalue weighted by atomic mass is 9.97. The van der Waals surface area contributed by atoms with Crippen LogP contribution in [0.5, 0.6) is 0 Å². The van der Waals surface area contributed by atoms with Gasteiger partial charge in [0.15, 0.2) is 0 Å². The molecule has 5 rings (SSSR count). The Morgan fingerprint density at radius 3 is 2.73 bits per heavy atom. The topological polar surface area (TPSA) is 83.6 Å². The zero-order valence-corrected chi connectivity index (χ0v) is 15.3. The molecule has 1 aromatic heterocycles. The predicted octanol–water partition coefficient (Wildman–Crippen LogP) is 2.41. The number of hydrogen-bond acceptors (Lipinski definition) is 6. The second kappa shape index (κ2) is 6.78. The molecule has 3 saturated heterocycles. The van der Waals surface area contributed by atoms with Gasteiger partial charge < -0.3 is 25.8 Å². The molecule has 0 spiro atoms. The first-order valence-electron chi connectivity index (χ1n) is 9.18. The number of hydrogen-bond donors (Lipinski definition) is 3. The summed E-state index contributed by atoms with van der Waals surface area (Å²) in [4.78, 5) is 7.09. The average Bonchev–Trinajstić information content (AvgIpc) is 2.63. The molecule has 0 aliphatic carbocycles. The van der Waals surface area contributed by atoms with Crippen LogP contribution in [0.15, 0.2) is 30.3 Å². The molecule has 0 radical (unpaired) electrons. The van der Waals surface area contributed by atoms with Crippen molar-refractivity contribution in [3.8, 4) is 11.1 Å². The number of nitrogen functional groups attached to an aromatic ring is 1. The number of nitrogens with two attached hydrogens (primary N) is 1. The molecule has 3 fully saturated rings. The van der Waals surface area contributed by atoms with Gasteiger partial charge in [-0.25, -0.2) is 4.98 Å². The Kier molecular flexibility index (Phi) is 4.46. The molecule has 2 unspecified atom stereocenters. The number of aliphatic hydroxyl groups is 1. The van der Waals surface area contributed by atoms with E-state index >= 15 is 0 Å². The summed E-state index contributed by atoms with van der Waals surface area (Å²) in [6, 6.07) is 10.1. The number of aliphatic hydroxyl groups excluding tert-OH is 1. The van der Waals surface area contributed by atoms with Gasteiger partial charge in [-0.15, -0.1) is 0 Å². The van der Waals surface area contributed by atoms with Gasteiger partial charge in [-0.05, 0) is 54.8 Å². The maximum absolute atomic E-state index is 9.39. The number of ether oxygens (including phenoxy) is 1. The van der Waals surface area contributed by atoms with Gasteiger partial charge in [-0.1, -0.05) is 6.07 Å². The summed E-state index contributed by atoms with van der Waals surface area (Å²) in [5.74, 6) is 1.70. The van der Waals surface area contributed by atoms with Gasteiger partial charge in [0.05, 0.1) is 18.8 Å². The summed E-state index contributed by atoms with van der Waals surface area (Å²) in [7, 11) is 0. The number of aryl methyl sites for hydroxylation is 1. The Morgan fingerprint density at radius 2 is 2.04 bits per heavy atom. The fourth-order valence-corrected chi connectivity index (χ4v) is 3.70. The van der Waals surface area contributed by atoms with Crippen molar-refractivity contribution in [1.29, 1.82) is 0 Å². The first-order chi connectivity index (χ1) is 12.5. The second-order valence-electron chi connectivity index (χ2n) is 7.42. The number of benzene rings is 1. The molecule has 26 heavy (non-hydrogen) atoms. The first kappa shape index (κ1) is 17.1. The summed E-state index contributed by atoms with van der Waals surface area (Å²) in [5, 5.41) is 12.7. The normalized spacial score (nSPS) is 22.7. The highest BCUT2D eigenvalue weighted by molar-refractivity contribution is 5.75. The van der Waals surface area contributed by atoms with Crippen LogP contribution in [-0.4, -0.2) is 48.0 Å². The van der Waals surface area contributed by atoms with Crippen LogP contribution in [0.4, 0.5) is 17.3 Å². The van der Waals surface area contributed by atoms with Crippen molar-refractivity contribution < 1.29 is 9.84 Å². The molecule has 4 N–H and O–H groups in total. The van der Waals surface area contributed by atoms with Gasteiger partial charge in [-0.2, -0.15) is 0 Å². The van der Waals surface area contributed by atoms with Gasteiger partial charge in [0.25, 0.3) is 0 Å². The van der Waals surface area contributed by atoms with Crippen molar-refractivity contribution in [3.63, 3.8) is 0 Å². The van der Waals surface area contributed by atoms with Crippen LogP contribution in [0.1, 0.15) is 18.9 Å². The molecule has 2 aromatic rings. The monoisotopic (exact) mass is 354 g/mol. The zero-order chi connectivity index (χ0) is 18.3. The number of aromatic nitrogens is 1. The molecule has 6 heteroatoms. The van der Waals surface area contributed by atoms with Crippen LogP contribution in [0.2, 0.25) is 0 Å². The summed E-state index contributed by atoms with van der Waals surface area (Å²) < 4.78 is 5.75. The van der Waals surface area contributed by atoms with Crippen molar-refractivity contribution in [2.24, 2.45) is 0 Å². The van der Waals surface area contributed by atoms with E-state index in [0.29, 0.717) is 12.2 Å². The third-order valence-corrected chi connectivity index (χ3v) is 5.14. The van der Waals surface area contributed by atoms with Crippen molar-refractivity contribution >= 4 is 17.3 Å². The smallest absolute Gasteiger partial charge is 0.131 e. The van der Waals surface area contributed by atoms with Gasteiger partial charge in [0.2, 0.25) is 0 Å². The summed E-state index contributed by atoms with van der Waals surface area (Å²) in [6.07, 6.45) is 1.79. The largest absolute Gasteiger partial charge is 0.399 e. The molecule has 1 aromatic carbocycles. The van der Waals surface area contributed by atoms with E-state index in [1.807, 2.05) is 31.2 Å². The Hall–Kier alpha value is -2.31. The molecule has 2 bridgehead atoms. The first-order valence-corrected chi connectivity index (χ1v) is 9.18. The maximum atomic E-state index is 9.39. The van der Waals surface area contributed by atoms with Crippen LogP contribution in [0, 0.1) is 6.92 Å². The molecule has 3 aliphatic heterocycles. The SMILES string of the molecule is Cc1ccc(N)cc1-c1cc(N[C@H](C)CO)nc(N2CC3CC(C2)O3)c1. The van der Waals surface area contributed by atoms with Crippen molar-refractivity contribution in [1.82, 2.24) is 4.98 Å². The Bertz CT molecular complexity index is 794. The standard InChI is InChI=1S/C20H26N4O2/c1-12-3-4-15(21)7-18(12)14-5-19(22-13(2)11-25)23-20(6-14)24-9-16-8-17(10-24)26-16/h3-7,13,16-17,25H,8-11,21H2,1-2H3,(H,22,23)/t13-,16?,17?/m1/s1. The van der Waals surface area contributed by atoms with Gasteiger partial charge >= 0.3 is 0 Å². The van der Waals surface area contributed by atoms with Gasteiger partial charge in [-0.3, -0.25) is 0 Å². The second-order valence-corrected chi connectivity index (χ2v) is 7.42. The van der Waals surface area contributed by atoms with Gasteiger partial charge in [0, 0.05) is 31.2 Å². The van der Waals surface area contributed by atoms with E-state index in [-0.39, 0.29) is 12.6 Å². The number of nitrogens with zero attached hydrogens (tertiary/aromatic N) is 2. The Morgan fingerprint density at radius 1 is 1.31 bits per heavy atom. The third kappa shape index (κ3) is 3.34. The van der Waals surface area contributed by atoms with Crippen molar-refractivity contribution in [2.45, 2.75) is 38.5 Å². The molecular weight excluding hydrogens is 328 g/mol. The highest BCUT2D eigenvalue weighted by atomic mass is 16.5. The van der Waals surface area contributed by atoms with Crippen LogP contribution in [-0.2, 0) is 4.74 Å². The number of anilines is 3. The molecule has 3 aliphatic rings. The van der Waals surface area contributed by atoms with E-state index in [1.165, 1.54) is 5.56 Å². The fourth-order valence-electron chi connectivity index (χ4n) is 3.70. The summed E-state index contributed by atoms with van der Waals surface area (Å²) >= 11 is 0. The quantitative estimate of drug-likeness (QED) is 0.715. The molecule has 138 valence electrons. The number of fused-ring (bicyclic) bond motifs is 2. The number of piperidine rings is 1. The van der Waals surface area contributed by atoms with E-state index < -0.39 is 0 Å². The zero-order valence-electron chi connectivity index (χ0n) is 15.3. The van der Waals surface area contributed by atoms with Crippen LogP contribution in [0.25, 0.3) is 11.1 Å². The minimum absolute atomic E-state index is 0.0558. The minimum Gasteiger partial charge on any atom is -0.399 e. The summed E-state index contributed by atoms with van der Waals surface area (Å²) in [5.41, 5.74) is 10.1. The highest BCUT2D eigenvalue weighted by Gasteiger charge is 2.38. The number of pyridine rings is 1. The lowest BCUT2D eigenvalue weighted by molar-refractivity contribution is -0.133. The van der Waals surface area contributed by atoms with E-state index in [1.54, 1.807) is 0 Å². The number of rotatable bonds is 5. The predicted molar refractivity (Wildman–Crippen MR) is 104 cm³/mol.